The first-order valence-corrected chi connectivity index (χ1v) is 8.64. The van der Waals surface area contributed by atoms with Crippen LogP contribution in [0.2, 0.25) is 0 Å². The van der Waals surface area contributed by atoms with E-state index in [1.165, 1.54) is 22.3 Å². The summed E-state index contributed by atoms with van der Waals surface area (Å²) in [5.41, 5.74) is 0.752. The highest BCUT2D eigenvalue weighted by molar-refractivity contribution is 7.12. The molecule has 1 heterocycles. The van der Waals surface area contributed by atoms with Gasteiger partial charge in [0, 0.05) is 18.8 Å². The lowest BCUT2D eigenvalue weighted by Crippen LogP contribution is -2.36. The first-order valence-electron chi connectivity index (χ1n) is 7.76. The predicted molar refractivity (Wildman–Crippen MR) is 96.9 cm³/mol. The predicted octanol–water partition coefficient (Wildman–Crippen LogP) is 3.02. The van der Waals surface area contributed by atoms with E-state index in [2.05, 4.69) is 5.32 Å². The number of nitrogens with one attached hydrogen (secondary N) is 1. The van der Waals surface area contributed by atoms with Crippen LogP contribution in [0, 0.1) is 0 Å². The summed E-state index contributed by atoms with van der Waals surface area (Å²) >= 11 is 1.33. The van der Waals surface area contributed by atoms with E-state index in [0.717, 1.165) is 0 Å². The molecular formula is C18H20N2O4S. The number of hydrogen-bond acceptors (Lipinski definition) is 5. The minimum atomic E-state index is -0.613. The Kier molecular flexibility index (Phi) is 6.30. The third kappa shape index (κ3) is 5.15. The zero-order valence-corrected chi connectivity index (χ0v) is 15.1. The summed E-state index contributed by atoms with van der Waals surface area (Å²) in [7, 11) is 1.65. The molecule has 132 valence electrons. The molecule has 0 fully saturated rings. The van der Waals surface area contributed by atoms with E-state index >= 15 is 0 Å². The Balaban J connectivity index is 1.97. The van der Waals surface area contributed by atoms with Crippen molar-refractivity contribution < 1.29 is 19.1 Å². The lowest BCUT2D eigenvalue weighted by molar-refractivity contribution is -0.134. The van der Waals surface area contributed by atoms with E-state index in [-0.39, 0.29) is 30.0 Å². The number of esters is 1. The Bertz CT molecular complexity index is 756. The summed E-state index contributed by atoms with van der Waals surface area (Å²) in [5.74, 6) is -1.13. The summed E-state index contributed by atoms with van der Waals surface area (Å²) in [4.78, 5) is 38.1. The van der Waals surface area contributed by atoms with Crippen molar-refractivity contribution in [2.75, 3.05) is 19.0 Å². The van der Waals surface area contributed by atoms with Gasteiger partial charge >= 0.3 is 5.97 Å². The van der Waals surface area contributed by atoms with Crippen LogP contribution in [0.5, 0.6) is 0 Å². The number of rotatable bonds is 6. The Morgan fingerprint density at radius 2 is 1.96 bits per heavy atom. The molecule has 1 aromatic heterocycles. The van der Waals surface area contributed by atoms with Gasteiger partial charge in [0.25, 0.3) is 11.8 Å². The van der Waals surface area contributed by atoms with Gasteiger partial charge in [-0.3, -0.25) is 9.59 Å². The van der Waals surface area contributed by atoms with Gasteiger partial charge in [0.05, 0.1) is 10.4 Å². The number of hydrogen-bond donors (Lipinski definition) is 1. The fraction of sp³-hybridized carbons (Fsp3) is 0.278. The Hall–Kier alpha value is -2.67. The molecule has 0 unspecified atom stereocenters. The Morgan fingerprint density at radius 1 is 1.20 bits per heavy atom. The zero-order valence-electron chi connectivity index (χ0n) is 14.3. The average molecular weight is 360 g/mol. The molecule has 2 aromatic rings. The minimum Gasteiger partial charge on any atom is -0.452 e. The van der Waals surface area contributed by atoms with Gasteiger partial charge in [-0.2, -0.15) is 0 Å². The Morgan fingerprint density at radius 3 is 2.60 bits per heavy atom. The summed E-state index contributed by atoms with van der Waals surface area (Å²) in [6, 6.07) is 9.95. The molecule has 6 nitrogen and oxygen atoms in total. The Labute approximate surface area is 150 Å². The summed E-state index contributed by atoms with van der Waals surface area (Å²) < 4.78 is 5.05. The summed E-state index contributed by atoms with van der Waals surface area (Å²) in [6.45, 7) is 3.43. The molecule has 0 aliphatic rings. The van der Waals surface area contributed by atoms with Crippen LogP contribution in [0.25, 0.3) is 0 Å². The van der Waals surface area contributed by atoms with Gasteiger partial charge in [-0.05, 0) is 43.5 Å². The molecule has 1 aromatic carbocycles. The highest BCUT2D eigenvalue weighted by atomic mass is 32.1. The molecule has 0 saturated carbocycles. The van der Waals surface area contributed by atoms with Crippen LogP contribution >= 0.6 is 11.3 Å². The SMILES string of the molecule is CC(C)N(C)C(=O)COC(=O)c1cccc(NC(=O)c2cccs2)c1. The molecule has 1 N–H and O–H groups in total. The highest BCUT2D eigenvalue weighted by Crippen LogP contribution is 2.15. The van der Waals surface area contributed by atoms with E-state index in [1.807, 2.05) is 19.2 Å². The third-order valence-corrected chi connectivity index (χ3v) is 4.46. The minimum absolute atomic E-state index is 0.0296. The monoisotopic (exact) mass is 360 g/mol. The van der Waals surface area contributed by atoms with Crippen molar-refractivity contribution in [2.24, 2.45) is 0 Å². The molecule has 0 spiro atoms. The molecule has 0 atom stereocenters. The number of thiophene rings is 1. The number of likely N-dealkylation sites (N-methyl/N-ethyl adjacent to an activating group) is 1. The highest BCUT2D eigenvalue weighted by Gasteiger charge is 2.16. The molecule has 2 rings (SSSR count). The molecule has 7 heteroatoms. The van der Waals surface area contributed by atoms with Crippen molar-refractivity contribution in [3.05, 3.63) is 52.2 Å². The quantitative estimate of drug-likeness (QED) is 0.804. The molecule has 0 radical (unpaired) electrons. The fourth-order valence-corrected chi connectivity index (χ4v) is 2.54. The number of amides is 2. The molecule has 0 saturated heterocycles. The van der Waals surface area contributed by atoms with Crippen molar-refractivity contribution >= 4 is 34.8 Å². The van der Waals surface area contributed by atoms with Gasteiger partial charge < -0.3 is 15.0 Å². The number of carbonyl (C=O) groups is 3. The van der Waals surface area contributed by atoms with Crippen LogP contribution in [0.3, 0.4) is 0 Å². The standard InChI is InChI=1S/C18H20N2O4S/c1-12(2)20(3)16(21)11-24-18(23)13-6-4-7-14(10-13)19-17(22)15-8-5-9-25-15/h4-10,12H,11H2,1-3H3,(H,19,22). The molecule has 25 heavy (non-hydrogen) atoms. The van der Waals surface area contributed by atoms with Crippen molar-refractivity contribution in [1.29, 1.82) is 0 Å². The number of ether oxygens (including phenoxy) is 1. The number of nitrogens with zero attached hydrogens (tertiary/aromatic N) is 1. The average Bonchev–Trinajstić information content (AvgIpc) is 3.13. The van der Waals surface area contributed by atoms with E-state index in [9.17, 15) is 14.4 Å². The maximum Gasteiger partial charge on any atom is 0.338 e. The topological polar surface area (TPSA) is 75.7 Å². The fourth-order valence-electron chi connectivity index (χ4n) is 1.92. The second-order valence-electron chi connectivity index (χ2n) is 5.69. The van der Waals surface area contributed by atoms with Crippen molar-refractivity contribution in [2.45, 2.75) is 19.9 Å². The van der Waals surface area contributed by atoms with E-state index in [4.69, 9.17) is 4.74 Å². The van der Waals surface area contributed by atoms with Gasteiger partial charge in [-0.1, -0.05) is 12.1 Å². The first-order chi connectivity index (χ1) is 11.9. The van der Waals surface area contributed by atoms with Gasteiger partial charge in [0.1, 0.15) is 0 Å². The van der Waals surface area contributed by atoms with E-state index < -0.39 is 5.97 Å². The molecular weight excluding hydrogens is 340 g/mol. The van der Waals surface area contributed by atoms with Crippen LogP contribution < -0.4 is 5.32 Å². The summed E-state index contributed by atoms with van der Waals surface area (Å²) in [5, 5.41) is 4.54. The number of benzene rings is 1. The second-order valence-corrected chi connectivity index (χ2v) is 6.63. The van der Waals surface area contributed by atoms with Crippen LogP contribution in [-0.4, -0.2) is 42.4 Å². The number of anilines is 1. The van der Waals surface area contributed by atoms with Crippen LogP contribution in [-0.2, 0) is 9.53 Å². The molecule has 0 bridgehead atoms. The molecule has 2 amide bonds. The molecule has 0 aliphatic heterocycles. The van der Waals surface area contributed by atoms with Crippen LogP contribution in [0.1, 0.15) is 33.9 Å². The smallest absolute Gasteiger partial charge is 0.338 e. The molecule has 0 aliphatic carbocycles. The number of carbonyl (C=O) groups excluding carboxylic acids is 3. The van der Waals surface area contributed by atoms with E-state index in [0.29, 0.717) is 10.6 Å². The van der Waals surface area contributed by atoms with Crippen LogP contribution in [0.15, 0.2) is 41.8 Å². The second kappa shape index (κ2) is 8.43. The van der Waals surface area contributed by atoms with Gasteiger partial charge in [0.2, 0.25) is 0 Å². The van der Waals surface area contributed by atoms with E-state index in [1.54, 1.807) is 37.4 Å². The first kappa shape index (κ1) is 18.7. The third-order valence-electron chi connectivity index (χ3n) is 3.60. The van der Waals surface area contributed by atoms with Gasteiger partial charge in [0.15, 0.2) is 6.61 Å². The lowest BCUT2D eigenvalue weighted by Gasteiger charge is -2.21. The maximum atomic E-state index is 12.1. The summed E-state index contributed by atoms with van der Waals surface area (Å²) in [6.07, 6.45) is 0. The maximum absolute atomic E-state index is 12.1. The largest absolute Gasteiger partial charge is 0.452 e. The normalized spacial score (nSPS) is 10.4. The lowest BCUT2D eigenvalue weighted by atomic mass is 10.2. The van der Waals surface area contributed by atoms with Crippen molar-refractivity contribution in [3.8, 4) is 0 Å². The van der Waals surface area contributed by atoms with Gasteiger partial charge in [-0.25, -0.2) is 4.79 Å². The van der Waals surface area contributed by atoms with Crippen LogP contribution in [0.4, 0.5) is 5.69 Å². The van der Waals surface area contributed by atoms with Crippen molar-refractivity contribution in [1.82, 2.24) is 4.90 Å². The van der Waals surface area contributed by atoms with Crippen molar-refractivity contribution in [3.63, 3.8) is 0 Å². The zero-order chi connectivity index (χ0) is 18.4. The van der Waals surface area contributed by atoms with Gasteiger partial charge in [-0.15, -0.1) is 11.3 Å².